The van der Waals surface area contributed by atoms with Gasteiger partial charge in [-0.3, -0.25) is 4.79 Å². The minimum atomic E-state index is -0.644. The molecule has 0 heterocycles. The van der Waals surface area contributed by atoms with Crippen LogP contribution in [0.15, 0.2) is 66.7 Å². The number of methoxy groups -OCH3 is 2. The van der Waals surface area contributed by atoms with Crippen LogP contribution in [0.5, 0.6) is 23.0 Å². The van der Waals surface area contributed by atoms with Gasteiger partial charge in [-0.25, -0.2) is 0 Å². The number of hydrogen-bond acceptors (Lipinski definition) is 6. The number of likely N-dealkylation sites (N-methyl/N-ethyl adjacent to an activating group) is 1. The third kappa shape index (κ3) is 6.82. The molecule has 7 nitrogen and oxygen atoms in total. The second kappa shape index (κ2) is 12.4. The second-order valence-electron chi connectivity index (χ2n) is 8.31. The van der Waals surface area contributed by atoms with Crippen LogP contribution in [0.2, 0.25) is 0 Å². The summed E-state index contributed by atoms with van der Waals surface area (Å²) >= 11 is 0. The van der Waals surface area contributed by atoms with Crippen LogP contribution in [-0.4, -0.2) is 51.7 Å². The molecule has 186 valence electrons. The van der Waals surface area contributed by atoms with Gasteiger partial charge in [0.2, 0.25) is 0 Å². The van der Waals surface area contributed by atoms with Gasteiger partial charge in [0.25, 0.3) is 5.91 Å². The molecule has 36 heavy (non-hydrogen) atoms. The van der Waals surface area contributed by atoms with Crippen molar-refractivity contribution in [2.45, 2.75) is 6.42 Å². The lowest BCUT2D eigenvalue weighted by atomic mass is 10.0. The molecule has 0 N–H and O–H groups in total. The monoisotopic (exact) mass is 487 g/mol. The highest BCUT2D eigenvalue weighted by molar-refractivity contribution is 6.24. The fraction of sp³-hybridized carbons (Fsp3) is 0.207. The molecule has 0 radical (unpaired) electrons. The van der Waals surface area contributed by atoms with Gasteiger partial charge in [-0.1, -0.05) is 24.3 Å². The third-order valence-corrected chi connectivity index (χ3v) is 5.47. The fourth-order valence-corrected chi connectivity index (χ4v) is 3.52. The van der Waals surface area contributed by atoms with Crippen molar-refractivity contribution in [2.24, 2.45) is 5.92 Å². The molecule has 0 fully saturated rings. The van der Waals surface area contributed by atoms with Crippen molar-refractivity contribution >= 4 is 30.1 Å². The number of aldehydes is 2. The Balaban J connectivity index is 1.84. The first-order chi connectivity index (χ1) is 17.4. The van der Waals surface area contributed by atoms with Crippen LogP contribution in [0.3, 0.4) is 0 Å². The Bertz CT molecular complexity index is 1200. The molecule has 7 heteroatoms. The number of carbonyl (C=O) groups excluding carboxylic acids is 3. The average molecular weight is 488 g/mol. The highest BCUT2D eigenvalue weighted by Gasteiger charge is 2.15. The molecule has 3 aromatic carbocycles. The van der Waals surface area contributed by atoms with E-state index in [1.54, 1.807) is 64.7 Å². The number of hydrogen-bond donors (Lipinski definition) is 0. The molecule has 3 aromatic rings. The number of rotatable bonds is 11. The summed E-state index contributed by atoms with van der Waals surface area (Å²) in [5.41, 5.74) is 2.87. The molecular weight excluding hydrogens is 458 g/mol. The van der Waals surface area contributed by atoms with E-state index >= 15 is 0 Å². The van der Waals surface area contributed by atoms with Crippen molar-refractivity contribution in [1.82, 2.24) is 4.90 Å². The van der Waals surface area contributed by atoms with Crippen molar-refractivity contribution in [3.8, 4) is 23.0 Å². The fourth-order valence-electron chi connectivity index (χ4n) is 3.52. The molecule has 0 saturated carbocycles. The Morgan fingerprint density at radius 2 is 1.33 bits per heavy atom. The molecule has 3 rings (SSSR count). The zero-order chi connectivity index (χ0) is 26.1. The van der Waals surface area contributed by atoms with Crippen molar-refractivity contribution in [1.29, 1.82) is 0 Å². The summed E-state index contributed by atoms with van der Waals surface area (Å²) in [6, 6.07) is 19.9. The molecular formula is C29H29NO6. The summed E-state index contributed by atoms with van der Waals surface area (Å²) in [6.45, 7) is 0. The van der Waals surface area contributed by atoms with Gasteiger partial charge >= 0.3 is 0 Å². The summed E-state index contributed by atoms with van der Waals surface area (Å²) in [4.78, 5) is 36.3. The number of amides is 1. The number of carbonyl (C=O) groups is 3. The average Bonchev–Trinajstić information content (AvgIpc) is 2.91. The van der Waals surface area contributed by atoms with E-state index in [2.05, 4.69) is 0 Å². The lowest BCUT2D eigenvalue weighted by Gasteiger charge is -2.15. The smallest absolute Gasteiger partial charge is 0.253 e. The first-order valence-electron chi connectivity index (χ1n) is 11.3. The maximum Gasteiger partial charge on any atom is 0.253 e. The van der Waals surface area contributed by atoms with Crippen LogP contribution in [0.1, 0.15) is 16.7 Å². The van der Waals surface area contributed by atoms with Crippen molar-refractivity contribution in [2.75, 3.05) is 28.3 Å². The van der Waals surface area contributed by atoms with E-state index in [-0.39, 0.29) is 5.91 Å². The standard InChI is InChI=1S/C29H29NO6/c1-30(2)29(33)28(16-21-14-26(34-3)17-27(15-21)35-4)23-7-11-25(12-8-23)36-24-9-5-20(6-10-24)13-22(18-31)19-32/h5-12,14-19,22H,13H2,1-4H3/b28-16+. The van der Waals surface area contributed by atoms with Gasteiger partial charge in [-0.2, -0.15) is 0 Å². The zero-order valence-electron chi connectivity index (χ0n) is 20.8. The van der Waals surface area contributed by atoms with E-state index in [0.29, 0.717) is 47.6 Å². The Morgan fingerprint density at radius 1 is 0.806 bits per heavy atom. The zero-order valence-corrected chi connectivity index (χ0v) is 20.8. The maximum atomic E-state index is 13.0. The molecule has 1 amide bonds. The quantitative estimate of drug-likeness (QED) is 0.169. The molecule has 0 saturated heterocycles. The normalized spacial score (nSPS) is 11.1. The van der Waals surface area contributed by atoms with Gasteiger partial charge in [-0.05, 0) is 65.6 Å². The Hall–Kier alpha value is -4.39. The first-order valence-corrected chi connectivity index (χ1v) is 11.3. The van der Waals surface area contributed by atoms with Gasteiger partial charge in [0, 0.05) is 25.7 Å². The number of nitrogens with zero attached hydrogens (tertiary/aromatic N) is 1. The van der Waals surface area contributed by atoms with Crippen molar-refractivity contribution in [3.63, 3.8) is 0 Å². The molecule has 0 bridgehead atoms. The van der Waals surface area contributed by atoms with Gasteiger partial charge in [0.1, 0.15) is 35.6 Å². The largest absolute Gasteiger partial charge is 0.497 e. The van der Waals surface area contributed by atoms with Crippen LogP contribution in [0, 0.1) is 5.92 Å². The van der Waals surface area contributed by atoms with E-state index in [0.717, 1.165) is 16.7 Å². The van der Waals surface area contributed by atoms with Crippen molar-refractivity contribution in [3.05, 3.63) is 83.4 Å². The predicted octanol–water partition coefficient (Wildman–Crippen LogP) is 4.68. The van der Waals surface area contributed by atoms with Crippen LogP contribution >= 0.6 is 0 Å². The molecule has 0 unspecified atom stereocenters. The van der Waals surface area contributed by atoms with E-state index in [4.69, 9.17) is 14.2 Å². The number of ether oxygens (including phenoxy) is 3. The highest BCUT2D eigenvalue weighted by Crippen LogP contribution is 2.29. The Morgan fingerprint density at radius 3 is 1.81 bits per heavy atom. The van der Waals surface area contributed by atoms with Crippen molar-refractivity contribution < 1.29 is 28.6 Å². The first kappa shape index (κ1) is 26.2. The lowest BCUT2D eigenvalue weighted by Crippen LogP contribution is -2.22. The Labute approximate surface area is 210 Å². The molecule has 0 aliphatic carbocycles. The van der Waals surface area contributed by atoms with Crippen LogP contribution in [0.25, 0.3) is 11.6 Å². The summed E-state index contributed by atoms with van der Waals surface area (Å²) in [5, 5.41) is 0. The minimum Gasteiger partial charge on any atom is -0.497 e. The third-order valence-electron chi connectivity index (χ3n) is 5.47. The molecule has 0 aliphatic heterocycles. The SMILES string of the molecule is COc1cc(/C=C(/C(=O)N(C)C)c2ccc(Oc3ccc(CC(C=O)C=O)cc3)cc2)cc(OC)c1. The van der Waals surface area contributed by atoms with Crippen LogP contribution < -0.4 is 14.2 Å². The van der Waals surface area contributed by atoms with Crippen LogP contribution in [0.4, 0.5) is 0 Å². The summed E-state index contributed by atoms with van der Waals surface area (Å²) < 4.78 is 16.6. The molecule has 0 spiro atoms. The van der Waals surface area contributed by atoms with Crippen LogP contribution in [-0.2, 0) is 20.8 Å². The number of benzene rings is 3. The second-order valence-corrected chi connectivity index (χ2v) is 8.31. The minimum absolute atomic E-state index is 0.148. The topological polar surface area (TPSA) is 82.1 Å². The van der Waals surface area contributed by atoms with Gasteiger partial charge in [0.15, 0.2) is 0 Å². The molecule has 0 atom stereocenters. The summed E-state index contributed by atoms with van der Waals surface area (Å²) in [5.74, 6) is 1.67. The molecule has 0 aromatic heterocycles. The van der Waals surface area contributed by atoms with E-state index < -0.39 is 5.92 Å². The van der Waals surface area contributed by atoms with Gasteiger partial charge in [-0.15, -0.1) is 0 Å². The van der Waals surface area contributed by atoms with E-state index in [1.807, 2.05) is 36.4 Å². The van der Waals surface area contributed by atoms with Gasteiger partial charge in [0.05, 0.1) is 20.1 Å². The van der Waals surface area contributed by atoms with E-state index in [9.17, 15) is 14.4 Å². The molecule has 0 aliphatic rings. The lowest BCUT2D eigenvalue weighted by molar-refractivity contribution is -0.122. The Kier molecular flexibility index (Phi) is 9.00. The van der Waals surface area contributed by atoms with E-state index in [1.165, 1.54) is 4.90 Å². The van der Waals surface area contributed by atoms with Gasteiger partial charge < -0.3 is 28.7 Å². The maximum absolute atomic E-state index is 13.0. The predicted molar refractivity (Wildman–Crippen MR) is 138 cm³/mol. The summed E-state index contributed by atoms with van der Waals surface area (Å²) in [6.07, 6.45) is 3.45. The summed E-state index contributed by atoms with van der Waals surface area (Å²) in [7, 11) is 6.56. The highest BCUT2D eigenvalue weighted by atomic mass is 16.5.